The minimum atomic E-state index is -3.73. The second-order valence-corrected chi connectivity index (χ2v) is 10.3. The van der Waals surface area contributed by atoms with Crippen LogP contribution in [0.25, 0.3) is 0 Å². The summed E-state index contributed by atoms with van der Waals surface area (Å²) in [5, 5.41) is 0. The number of rotatable bonds is 6. The van der Waals surface area contributed by atoms with Gasteiger partial charge in [0.25, 0.3) is 11.8 Å². The van der Waals surface area contributed by atoms with E-state index in [0.29, 0.717) is 23.2 Å². The predicted molar refractivity (Wildman–Crippen MR) is 120 cm³/mol. The normalized spacial score (nSPS) is 19.0. The van der Waals surface area contributed by atoms with Crippen molar-refractivity contribution in [1.29, 1.82) is 0 Å². The van der Waals surface area contributed by atoms with E-state index in [-0.39, 0.29) is 29.7 Å². The Morgan fingerprint density at radius 2 is 1.73 bits per heavy atom. The molecule has 0 bridgehead atoms. The first-order valence-electron chi connectivity index (χ1n) is 11.0. The molecule has 0 saturated carbocycles. The molecule has 2 aliphatic rings. The van der Waals surface area contributed by atoms with Crippen molar-refractivity contribution in [3.05, 3.63) is 64.7 Å². The number of hydrogen-bond acceptors (Lipinski definition) is 6. The fourth-order valence-electron chi connectivity index (χ4n) is 4.30. The zero-order valence-corrected chi connectivity index (χ0v) is 19.4. The van der Waals surface area contributed by atoms with Gasteiger partial charge in [-0.25, -0.2) is 13.2 Å². The van der Waals surface area contributed by atoms with Crippen molar-refractivity contribution in [3.8, 4) is 0 Å². The fraction of sp³-hybridized carbons (Fsp3) is 0.375. The molecule has 2 heterocycles. The summed E-state index contributed by atoms with van der Waals surface area (Å²) in [6.07, 6.45) is 2.60. The Morgan fingerprint density at radius 1 is 1.06 bits per heavy atom. The highest BCUT2D eigenvalue weighted by molar-refractivity contribution is 7.89. The average molecular weight is 471 g/mol. The monoisotopic (exact) mass is 470 g/mol. The number of fused-ring (bicyclic) bond motifs is 1. The molecular weight excluding hydrogens is 444 g/mol. The van der Waals surface area contributed by atoms with Gasteiger partial charge in [0.1, 0.15) is 6.61 Å². The maximum absolute atomic E-state index is 13.1. The van der Waals surface area contributed by atoms with Crippen molar-refractivity contribution < 1.29 is 27.5 Å². The summed E-state index contributed by atoms with van der Waals surface area (Å²) < 4.78 is 33.1. The van der Waals surface area contributed by atoms with E-state index in [0.717, 1.165) is 24.2 Å². The molecule has 2 aliphatic heterocycles. The van der Waals surface area contributed by atoms with Crippen LogP contribution in [-0.4, -0.2) is 61.1 Å². The predicted octanol–water partition coefficient (Wildman–Crippen LogP) is 3.01. The number of imide groups is 1. The van der Waals surface area contributed by atoms with Crippen molar-refractivity contribution in [1.82, 2.24) is 9.21 Å². The first-order valence-corrected chi connectivity index (χ1v) is 12.4. The Morgan fingerprint density at radius 3 is 2.36 bits per heavy atom. The molecule has 2 aromatic rings. The second-order valence-electron chi connectivity index (χ2n) is 8.38. The van der Waals surface area contributed by atoms with Crippen molar-refractivity contribution in [3.63, 3.8) is 0 Å². The average Bonchev–Trinajstić information content (AvgIpc) is 3.04. The van der Waals surface area contributed by atoms with Crippen LogP contribution in [-0.2, 0) is 14.8 Å². The maximum atomic E-state index is 13.1. The fourth-order valence-corrected chi connectivity index (χ4v) is 6.02. The number of ether oxygens (including phenoxy) is 1. The molecule has 1 atom stereocenters. The molecule has 0 aromatic heterocycles. The maximum Gasteiger partial charge on any atom is 0.338 e. The van der Waals surface area contributed by atoms with E-state index in [4.69, 9.17) is 4.74 Å². The molecule has 9 heteroatoms. The van der Waals surface area contributed by atoms with Crippen LogP contribution in [0.2, 0.25) is 0 Å². The van der Waals surface area contributed by atoms with E-state index in [1.807, 2.05) is 6.92 Å². The Kier molecular flexibility index (Phi) is 6.36. The number of carbonyl (C=O) groups excluding carboxylic acids is 3. The molecule has 174 valence electrons. The van der Waals surface area contributed by atoms with Gasteiger partial charge in [-0.15, -0.1) is 0 Å². The molecule has 8 nitrogen and oxygen atoms in total. The summed E-state index contributed by atoms with van der Waals surface area (Å²) in [6.45, 7) is 3.77. The Balaban J connectivity index is 1.45. The molecule has 2 aromatic carbocycles. The first kappa shape index (κ1) is 23.1. The summed E-state index contributed by atoms with van der Waals surface area (Å²) >= 11 is 0. The third-order valence-electron chi connectivity index (χ3n) is 6.20. The third kappa shape index (κ3) is 4.30. The SMILES string of the molecule is Cc1ccc(S(=O)(=O)N2CCCC[C@H]2C)cc1C(=O)OCCN1C(=O)c2ccccc2C1=O. The van der Waals surface area contributed by atoms with Gasteiger partial charge in [-0.3, -0.25) is 14.5 Å². The van der Waals surface area contributed by atoms with E-state index >= 15 is 0 Å². The van der Waals surface area contributed by atoms with Crippen LogP contribution >= 0.6 is 0 Å². The lowest BCUT2D eigenvalue weighted by Gasteiger charge is -2.32. The summed E-state index contributed by atoms with van der Waals surface area (Å²) in [5.74, 6) is -1.55. The number of piperidine rings is 1. The van der Waals surface area contributed by atoms with Gasteiger partial charge in [0.05, 0.1) is 28.1 Å². The smallest absolute Gasteiger partial charge is 0.338 e. The molecule has 0 spiro atoms. The Labute approximate surface area is 193 Å². The molecule has 4 rings (SSSR count). The van der Waals surface area contributed by atoms with Crippen molar-refractivity contribution in [2.24, 2.45) is 0 Å². The van der Waals surface area contributed by atoms with Crippen LogP contribution in [0.3, 0.4) is 0 Å². The van der Waals surface area contributed by atoms with Crippen LogP contribution in [0.15, 0.2) is 47.4 Å². The number of esters is 1. The number of hydrogen-bond donors (Lipinski definition) is 0. The zero-order valence-electron chi connectivity index (χ0n) is 18.6. The van der Waals surface area contributed by atoms with E-state index in [1.54, 1.807) is 37.3 Å². The van der Waals surface area contributed by atoms with Crippen LogP contribution in [0.1, 0.15) is 62.8 Å². The van der Waals surface area contributed by atoms with Gasteiger partial charge in [-0.1, -0.05) is 24.6 Å². The van der Waals surface area contributed by atoms with Crippen LogP contribution in [0.5, 0.6) is 0 Å². The van der Waals surface area contributed by atoms with Gasteiger partial charge < -0.3 is 4.74 Å². The molecule has 0 N–H and O–H groups in total. The lowest BCUT2D eigenvalue weighted by Crippen LogP contribution is -2.41. The van der Waals surface area contributed by atoms with Crippen LogP contribution in [0.4, 0.5) is 0 Å². The number of nitrogens with zero attached hydrogens (tertiary/aromatic N) is 2. The molecule has 0 unspecified atom stereocenters. The second kappa shape index (κ2) is 9.07. The Bertz CT molecular complexity index is 1190. The van der Waals surface area contributed by atoms with Gasteiger partial charge in [-0.2, -0.15) is 4.31 Å². The molecule has 0 radical (unpaired) electrons. The number of aryl methyl sites for hydroxylation is 1. The zero-order chi connectivity index (χ0) is 23.8. The molecular formula is C24H26N2O6S. The quantitative estimate of drug-likeness (QED) is 0.475. The highest BCUT2D eigenvalue weighted by atomic mass is 32.2. The highest BCUT2D eigenvalue weighted by Crippen LogP contribution is 2.27. The van der Waals surface area contributed by atoms with E-state index in [9.17, 15) is 22.8 Å². The van der Waals surface area contributed by atoms with Gasteiger partial charge >= 0.3 is 5.97 Å². The summed E-state index contributed by atoms with van der Waals surface area (Å²) in [5.41, 5.74) is 1.37. The molecule has 0 aliphatic carbocycles. The molecule has 1 saturated heterocycles. The molecule has 2 amide bonds. The lowest BCUT2D eigenvalue weighted by molar-refractivity contribution is 0.0419. The van der Waals surface area contributed by atoms with Gasteiger partial charge in [0.15, 0.2) is 0 Å². The van der Waals surface area contributed by atoms with Crippen molar-refractivity contribution in [2.75, 3.05) is 19.7 Å². The number of sulfonamides is 1. The first-order chi connectivity index (χ1) is 15.7. The number of carbonyl (C=O) groups is 3. The van der Waals surface area contributed by atoms with Crippen molar-refractivity contribution in [2.45, 2.75) is 44.0 Å². The summed E-state index contributed by atoms with van der Waals surface area (Å²) in [4.78, 5) is 38.7. The minimum Gasteiger partial charge on any atom is -0.460 e. The molecule has 1 fully saturated rings. The van der Waals surface area contributed by atoms with Crippen LogP contribution in [0, 0.1) is 6.92 Å². The minimum absolute atomic E-state index is 0.0501. The lowest BCUT2D eigenvalue weighted by atomic mass is 10.1. The topological polar surface area (TPSA) is 101 Å². The van der Waals surface area contributed by atoms with Crippen LogP contribution < -0.4 is 0 Å². The number of benzene rings is 2. The Hall–Kier alpha value is -3.04. The molecule has 33 heavy (non-hydrogen) atoms. The highest BCUT2D eigenvalue weighted by Gasteiger charge is 2.35. The summed E-state index contributed by atoms with van der Waals surface area (Å²) in [7, 11) is -3.73. The van der Waals surface area contributed by atoms with Crippen molar-refractivity contribution >= 4 is 27.8 Å². The third-order valence-corrected chi connectivity index (χ3v) is 8.21. The number of amides is 2. The standard InChI is InChI=1S/C24H26N2O6S/c1-16-10-11-18(33(30,31)26-12-6-5-7-17(26)2)15-21(16)24(29)32-14-13-25-22(27)19-8-3-4-9-20(19)23(25)28/h3-4,8-11,15,17H,5-7,12-14H2,1-2H3/t17-/m1/s1. The van der Waals surface area contributed by atoms with E-state index in [2.05, 4.69) is 0 Å². The van der Waals surface area contributed by atoms with E-state index < -0.39 is 27.8 Å². The van der Waals surface area contributed by atoms with E-state index in [1.165, 1.54) is 16.4 Å². The van der Waals surface area contributed by atoms with Gasteiger partial charge in [0.2, 0.25) is 10.0 Å². The van der Waals surface area contributed by atoms with Gasteiger partial charge in [-0.05, 0) is 56.5 Å². The summed E-state index contributed by atoms with van der Waals surface area (Å²) in [6, 6.07) is 10.9. The largest absolute Gasteiger partial charge is 0.460 e. The van der Waals surface area contributed by atoms with Gasteiger partial charge in [0, 0.05) is 12.6 Å².